The number of rotatable bonds is 9. The molecule has 0 saturated heterocycles. The van der Waals surface area contributed by atoms with E-state index in [-0.39, 0.29) is 18.8 Å². The van der Waals surface area contributed by atoms with Crippen LogP contribution in [-0.4, -0.2) is 41.9 Å². The second kappa shape index (κ2) is 11.2. The Balaban J connectivity index is 1.97. The van der Waals surface area contributed by atoms with Crippen molar-refractivity contribution in [2.45, 2.75) is 57.8 Å². The third kappa shape index (κ3) is 10.0. The predicted octanol–water partition coefficient (Wildman–Crippen LogP) is 4.17. The van der Waals surface area contributed by atoms with Gasteiger partial charge in [-0.2, -0.15) is 0 Å². The number of halogens is 3. The number of hydrogen-bond donors (Lipinski definition) is 3. The molecule has 32 heavy (non-hydrogen) atoms. The molecule has 0 spiro atoms. The van der Waals surface area contributed by atoms with Crippen molar-refractivity contribution in [3.63, 3.8) is 0 Å². The minimum atomic E-state index is -4.76. The summed E-state index contributed by atoms with van der Waals surface area (Å²) in [6, 6.07) is 14.3. The van der Waals surface area contributed by atoms with Crippen LogP contribution in [0.4, 0.5) is 18.0 Å². The fourth-order valence-electron chi connectivity index (χ4n) is 2.97. The lowest BCUT2D eigenvalue weighted by molar-refractivity contribution is -0.274. The summed E-state index contributed by atoms with van der Waals surface area (Å²) in [6.07, 6.45) is -6.01. The molecule has 2 aromatic rings. The highest BCUT2D eigenvalue weighted by atomic mass is 19.4. The van der Waals surface area contributed by atoms with Gasteiger partial charge in [-0.1, -0.05) is 42.5 Å². The van der Waals surface area contributed by atoms with Crippen molar-refractivity contribution in [2.75, 3.05) is 6.54 Å². The Kier molecular flexibility index (Phi) is 8.91. The maximum atomic E-state index is 12.4. The summed E-state index contributed by atoms with van der Waals surface area (Å²) >= 11 is 0. The summed E-state index contributed by atoms with van der Waals surface area (Å²) in [4.78, 5) is 12.2. The zero-order valence-corrected chi connectivity index (χ0v) is 18.3. The van der Waals surface area contributed by atoms with E-state index in [4.69, 9.17) is 4.74 Å². The van der Waals surface area contributed by atoms with Crippen molar-refractivity contribution >= 4 is 6.09 Å². The van der Waals surface area contributed by atoms with Crippen LogP contribution in [0.3, 0.4) is 0 Å². The molecule has 0 heterocycles. The second-order valence-electron chi connectivity index (χ2n) is 8.34. The molecular formula is C23H29F3N2O4. The molecule has 0 aliphatic heterocycles. The highest BCUT2D eigenvalue weighted by molar-refractivity contribution is 5.68. The predicted molar refractivity (Wildman–Crippen MR) is 114 cm³/mol. The molecule has 1 amide bonds. The molecule has 0 saturated carbocycles. The van der Waals surface area contributed by atoms with Crippen molar-refractivity contribution in [3.05, 3.63) is 65.7 Å². The minimum absolute atomic E-state index is 0.0949. The molecule has 0 unspecified atom stereocenters. The van der Waals surface area contributed by atoms with E-state index in [1.165, 1.54) is 18.2 Å². The maximum absolute atomic E-state index is 12.4. The van der Waals surface area contributed by atoms with Crippen LogP contribution in [0.2, 0.25) is 0 Å². The summed E-state index contributed by atoms with van der Waals surface area (Å²) in [6.45, 7) is 5.53. The zero-order chi connectivity index (χ0) is 23.8. The van der Waals surface area contributed by atoms with Gasteiger partial charge in [0.15, 0.2) is 0 Å². The van der Waals surface area contributed by atoms with Gasteiger partial charge in [0.2, 0.25) is 0 Å². The molecule has 0 aliphatic carbocycles. The van der Waals surface area contributed by atoms with Gasteiger partial charge in [0.05, 0.1) is 12.1 Å². The highest BCUT2D eigenvalue weighted by Gasteiger charge is 2.31. The Bertz CT molecular complexity index is 854. The zero-order valence-electron chi connectivity index (χ0n) is 18.3. The van der Waals surface area contributed by atoms with Crippen LogP contribution in [0.1, 0.15) is 31.9 Å². The number of alkyl carbamates (subject to hydrolysis) is 1. The first kappa shape index (κ1) is 25.5. The number of amides is 1. The number of aliphatic hydroxyl groups is 1. The van der Waals surface area contributed by atoms with Gasteiger partial charge in [0.1, 0.15) is 11.4 Å². The average Bonchev–Trinajstić information content (AvgIpc) is 2.65. The van der Waals surface area contributed by atoms with E-state index in [9.17, 15) is 23.1 Å². The summed E-state index contributed by atoms with van der Waals surface area (Å²) in [7, 11) is 0. The molecule has 0 radical (unpaired) electrons. The van der Waals surface area contributed by atoms with Gasteiger partial charge >= 0.3 is 12.5 Å². The Morgan fingerprint density at radius 1 is 1.03 bits per heavy atom. The highest BCUT2D eigenvalue weighted by Crippen LogP contribution is 2.23. The topological polar surface area (TPSA) is 79.8 Å². The summed E-state index contributed by atoms with van der Waals surface area (Å²) in [5, 5.41) is 16.4. The quantitative estimate of drug-likeness (QED) is 0.530. The second-order valence-corrected chi connectivity index (χ2v) is 8.34. The number of aliphatic hydroxyl groups excluding tert-OH is 1. The molecule has 6 nitrogen and oxygen atoms in total. The van der Waals surface area contributed by atoms with Crippen LogP contribution >= 0.6 is 0 Å². The van der Waals surface area contributed by atoms with Crippen LogP contribution in [0, 0.1) is 0 Å². The Morgan fingerprint density at radius 3 is 2.31 bits per heavy atom. The SMILES string of the molecule is CC(C)(C)OC(=O)N[C@@H](Cc1ccccc1)[C@@H](O)CNCc1cccc(OC(F)(F)F)c1. The van der Waals surface area contributed by atoms with Gasteiger partial charge in [0, 0.05) is 13.1 Å². The molecular weight excluding hydrogens is 425 g/mol. The molecule has 9 heteroatoms. The molecule has 3 N–H and O–H groups in total. The largest absolute Gasteiger partial charge is 0.573 e. The standard InChI is InChI=1S/C23H29F3N2O4/c1-22(2,3)32-21(30)28-19(13-16-8-5-4-6-9-16)20(29)15-27-14-17-10-7-11-18(12-17)31-23(24,25)26/h4-12,19-20,27,29H,13-15H2,1-3H3,(H,28,30)/t19-,20-/m0/s1. The Hall–Kier alpha value is -2.78. The maximum Gasteiger partial charge on any atom is 0.573 e. The molecule has 2 rings (SSSR count). The van der Waals surface area contributed by atoms with Crippen LogP contribution in [-0.2, 0) is 17.7 Å². The molecule has 0 aromatic heterocycles. The number of hydrogen-bond acceptors (Lipinski definition) is 5. The number of ether oxygens (including phenoxy) is 2. The van der Waals surface area contributed by atoms with E-state index in [1.54, 1.807) is 26.8 Å². The first-order valence-electron chi connectivity index (χ1n) is 10.2. The van der Waals surface area contributed by atoms with Gasteiger partial charge in [-0.25, -0.2) is 4.79 Å². The number of carbonyl (C=O) groups excluding carboxylic acids is 1. The van der Waals surface area contributed by atoms with Gasteiger partial charge < -0.3 is 25.2 Å². The fourth-order valence-corrected chi connectivity index (χ4v) is 2.97. The van der Waals surface area contributed by atoms with E-state index < -0.39 is 30.2 Å². The minimum Gasteiger partial charge on any atom is -0.444 e. The smallest absolute Gasteiger partial charge is 0.444 e. The first-order valence-corrected chi connectivity index (χ1v) is 10.2. The van der Waals surface area contributed by atoms with Gasteiger partial charge in [-0.15, -0.1) is 13.2 Å². The van der Waals surface area contributed by atoms with E-state index in [1.807, 2.05) is 30.3 Å². The summed E-state index contributed by atoms with van der Waals surface area (Å²) in [5.41, 5.74) is 0.789. The molecule has 0 aliphatic rings. The van der Waals surface area contributed by atoms with Crippen molar-refractivity contribution in [3.8, 4) is 5.75 Å². The molecule has 0 bridgehead atoms. The van der Waals surface area contributed by atoms with Crippen LogP contribution in [0.25, 0.3) is 0 Å². The monoisotopic (exact) mass is 454 g/mol. The first-order chi connectivity index (χ1) is 14.9. The summed E-state index contributed by atoms with van der Waals surface area (Å²) < 4.78 is 46.4. The number of nitrogens with one attached hydrogen (secondary N) is 2. The van der Waals surface area contributed by atoms with Crippen LogP contribution in [0.5, 0.6) is 5.75 Å². The van der Waals surface area contributed by atoms with Gasteiger partial charge in [0.25, 0.3) is 0 Å². The lowest BCUT2D eigenvalue weighted by Crippen LogP contribution is -2.49. The molecule has 2 aromatic carbocycles. The molecule has 176 valence electrons. The van der Waals surface area contributed by atoms with Crippen molar-refractivity contribution in [2.24, 2.45) is 0 Å². The van der Waals surface area contributed by atoms with Gasteiger partial charge in [-0.05, 0) is 50.5 Å². The fraction of sp³-hybridized carbons (Fsp3) is 0.435. The Labute approximate surface area is 185 Å². The molecule has 2 atom stereocenters. The van der Waals surface area contributed by atoms with Crippen LogP contribution < -0.4 is 15.4 Å². The third-order valence-electron chi connectivity index (χ3n) is 4.28. The van der Waals surface area contributed by atoms with Crippen molar-refractivity contribution < 1.29 is 32.5 Å². The van der Waals surface area contributed by atoms with E-state index >= 15 is 0 Å². The lowest BCUT2D eigenvalue weighted by atomic mass is 10.0. The number of carbonyl (C=O) groups is 1. The average molecular weight is 454 g/mol. The van der Waals surface area contributed by atoms with Crippen molar-refractivity contribution in [1.82, 2.24) is 10.6 Å². The van der Waals surface area contributed by atoms with E-state index in [0.29, 0.717) is 12.0 Å². The molecule has 0 fully saturated rings. The van der Waals surface area contributed by atoms with Crippen LogP contribution in [0.15, 0.2) is 54.6 Å². The van der Waals surface area contributed by atoms with Gasteiger partial charge in [-0.3, -0.25) is 0 Å². The summed E-state index contributed by atoms with van der Waals surface area (Å²) in [5.74, 6) is -0.314. The third-order valence-corrected chi connectivity index (χ3v) is 4.28. The van der Waals surface area contributed by atoms with E-state index in [2.05, 4.69) is 15.4 Å². The normalized spacial score (nSPS) is 13.8. The van der Waals surface area contributed by atoms with Crippen molar-refractivity contribution in [1.29, 1.82) is 0 Å². The number of alkyl halides is 3. The van der Waals surface area contributed by atoms with E-state index in [0.717, 1.165) is 5.56 Å². The number of benzene rings is 2. The lowest BCUT2D eigenvalue weighted by Gasteiger charge is -2.27. The Morgan fingerprint density at radius 2 is 1.69 bits per heavy atom.